The summed E-state index contributed by atoms with van der Waals surface area (Å²) in [6.07, 6.45) is 1.65. The highest BCUT2D eigenvalue weighted by atomic mass is 16.4. The molecule has 0 saturated heterocycles. The van der Waals surface area contributed by atoms with E-state index in [-0.39, 0.29) is 5.84 Å². The average Bonchev–Trinajstić information content (AvgIpc) is 2.42. The third kappa shape index (κ3) is 4.70. The van der Waals surface area contributed by atoms with Gasteiger partial charge in [-0.3, -0.25) is 4.98 Å². The number of oxime groups is 1. The maximum atomic E-state index is 8.89. The number of aromatic nitrogens is 1. The van der Waals surface area contributed by atoms with Gasteiger partial charge in [-0.1, -0.05) is 19.0 Å². The molecule has 0 atom stereocenters. The average molecular weight is 279 g/mol. The highest BCUT2D eigenvalue weighted by molar-refractivity contribution is 6.00. The van der Waals surface area contributed by atoms with Gasteiger partial charge in [0.2, 0.25) is 0 Å². The smallest absolute Gasteiger partial charge is 0.190 e. The van der Waals surface area contributed by atoms with Crippen molar-refractivity contribution in [1.82, 2.24) is 9.88 Å². The van der Waals surface area contributed by atoms with Crippen LogP contribution in [0.1, 0.15) is 19.5 Å². The van der Waals surface area contributed by atoms with E-state index in [1.807, 2.05) is 26.2 Å². The summed E-state index contributed by atoms with van der Waals surface area (Å²) in [5.41, 5.74) is 7.14. The number of hydrogen-bond acceptors (Lipinski definition) is 5. The highest BCUT2D eigenvalue weighted by Gasteiger charge is 2.16. The van der Waals surface area contributed by atoms with Crippen molar-refractivity contribution in [2.75, 3.05) is 38.6 Å². The van der Waals surface area contributed by atoms with Crippen molar-refractivity contribution in [3.05, 3.63) is 24.0 Å². The first-order valence-corrected chi connectivity index (χ1v) is 6.78. The number of likely N-dealkylation sites (N-methyl/N-ethyl adjacent to an activating group) is 1. The Morgan fingerprint density at radius 1 is 1.40 bits per heavy atom. The fraction of sp³-hybridized carbons (Fsp3) is 0.571. The predicted octanol–water partition coefficient (Wildman–Crippen LogP) is 1.20. The fourth-order valence-corrected chi connectivity index (χ4v) is 1.97. The zero-order chi connectivity index (χ0) is 15.1. The third-order valence-electron chi connectivity index (χ3n) is 2.88. The lowest BCUT2D eigenvalue weighted by Crippen LogP contribution is -2.36. The van der Waals surface area contributed by atoms with Crippen LogP contribution >= 0.6 is 0 Å². The first kappa shape index (κ1) is 16.2. The minimum Gasteiger partial charge on any atom is -0.409 e. The van der Waals surface area contributed by atoms with Crippen LogP contribution in [0.25, 0.3) is 0 Å². The lowest BCUT2D eigenvalue weighted by Gasteiger charge is -2.29. The predicted molar refractivity (Wildman–Crippen MR) is 82.4 cm³/mol. The first-order chi connectivity index (χ1) is 9.45. The Morgan fingerprint density at radius 3 is 2.65 bits per heavy atom. The molecule has 3 N–H and O–H groups in total. The van der Waals surface area contributed by atoms with Crippen LogP contribution in [-0.2, 0) is 0 Å². The molecule has 6 heteroatoms. The zero-order valence-electron chi connectivity index (χ0n) is 12.7. The lowest BCUT2D eigenvalue weighted by molar-refractivity contribution is 0.318. The van der Waals surface area contributed by atoms with Crippen molar-refractivity contribution in [1.29, 1.82) is 0 Å². The van der Waals surface area contributed by atoms with Crippen LogP contribution in [0.3, 0.4) is 0 Å². The maximum absolute atomic E-state index is 8.89. The molecule has 0 fully saturated rings. The van der Waals surface area contributed by atoms with Crippen LogP contribution in [-0.4, -0.2) is 54.7 Å². The number of rotatable bonds is 7. The van der Waals surface area contributed by atoms with E-state index in [1.54, 1.807) is 6.20 Å². The van der Waals surface area contributed by atoms with Crippen LogP contribution in [0.2, 0.25) is 0 Å². The van der Waals surface area contributed by atoms with Gasteiger partial charge in [0, 0.05) is 25.8 Å². The molecule has 0 spiro atoms. The van der Waals surface area contributed by atoms with Gasteiger partial charge in [-0.2, -0.15) is 0 Å². The molecule has 1 aromatic rings. The van der Waals surface area contributed by atoms with Gasteiger partial charge in [-0.15, -0.1) is 0 Å². The Morgan fingerprint density at radius 2 is 2.10 bits per heavy atom. The van der Waals surface area contributed by atoms with Gasteiger partial charge < -0.3 is 20.7 Å². The second kappa shape index (κ2) is 7.69. The summed E-state index contributed by atoms with van der Waals surface area (Å²) < 4.78 is 0. The minimum absolute atomic E-state index is 0.0409. The van der Waals surface area contributed by atoms with E-state index in [0.29, 0.717) is 11.6 Å². The zero-order valence-corrected chi connectivity index (χ0v) is 12.7. The van der Waals surface area contributed by atoms with Crippen molar-refractivity contribution in [3.8, 4) is 0 Å². The number of nitrogens with zero attached hydrogens (tertiary/aromatic N) is 4. The molecule has 0 aliphatic carbocycles. The number of amidine groups is 1. The molecule has 0 aliphatic heterocycles. The third-order valence-corrected chi connectivity index (χ3v) is 2.88. The van der Waals surface area contributed by atoms with Crippen molar-refractivity contribution in [2.24, 2.45) is 16.8 Å². The molecule has 0 radical (unpaired) electrons. The van der Waals surface area contributed by atoms with Crippen molar-refractivity contribution in [3.63, 3.8) is 0 Å². The SMILES string of the molecule is CC(C)CN(CCN(C)C)c1cccnc1/C(N)=N/O. The molecule has 1 aromatic heterocycles. The molecule has 0 aliphatic rings. The molecular weight excluding hydrogens is 254 g/mol. The van der Waals surface area contributed by atoms with E-state index >= 15 is 0 Å². The van der Waals surface area contributed by atoms with Crippen molar-refractivity contribution in [2.45, 2.75) is 13.8 Å². The first-order valence-electron chi connectivity index (χ1n) is 6.78. The number of hydrogen-bond donors (Lipinski definition) is 2. The standard InChI is InChI=1S/C14H25N5O/c1-11(2)10-19(9-8-18(3)4)12-6-5-7-16-13(12)14(15)17-20/h5-7,11,20H,8-10H2,1-4H3,(H2,15,17). The van der Waals surface area contributed by atoms with Gasteiger partial charge in [0.15, 0.2) is 5.84 Å². The van der Waals surface area contributed by atoms with Gasteiger partial charge in [-0.25, -0.2) is 0 Å². The molecule has 0 aromatic carbocycles. The Balaban J connectivity index is 3.06. The summed E-state index contributed by atoms with van der Waals surface area (Å²) in [6, 6.07) is 3.82. The largest absolute Gasteiger partial charge is 0.409 e. The molecule has 20 heavy (non-hydrogen) atoms. The van der Waals surface area contributed by atoms with Crippen LogP contribution in [0.5, 0.6) is 0 Å². The lowest BCUT2D eigenvalue weighted by atomic mass is 10.1. The van der Waals surface area contributed by atoms with E-state index < -0.39 is 0 Å². The monoisotopic (exact) mass is 279 g/mol. The van der Waals surface area contributed by atoms with Gasteiger partial charge in [-0.05, 0) is 32.1 Å². The van der Waals surface area contributed by atoms with E-state index in [4.69, 9.17) is 10.9 Å². The van der Waals surface area contributed by atoms with E-state index in [9.17, 15) is 0 Å². The Labute approximate surface area is 120 Å². The summed E-state index contributed by atoms with van der Waals surface area (Å²) in [7, 11) is 4.09. The van der Waals surface area contributed by atoms with Crippen LogP contribution in [0.15, 0.2) is 23.5 Å². The summed E-state index contributed by atoms with van der Waals surface area (Å²) in [4.78, 5) is 8.59. The Bertz CT molecular complexity index is 445. The van der Waals surface area contributed by atoms with Crippen molar-refractivity contribution >= 4 is 11.5 Å². The highest BCUT2D eigenvalue weighted by Crippen LogP contribution is 2.19. The molecule has 0 saturated carbocycles. The quantitative estimate of drug-likeness (QED) is 0.339. The van der Waals surface area contributed by atoms with E-state index in [0.717, 1.165) is 25.3 Å². The molecule has 0 unspecified atom stereocenters. The molecule has 112 valence electrons. The van der Waals surface area contributed by atoms with Gasteiger partial charge in [0.05, 0.1) is 5.69 Å². The molecule has 0 amide bonds. The number of anilines is 1. The molecule has 6 nitrogen and oxygen atoms in total. The molecule has 1 heterocycles. The van der Waals surface area contributed by atoms with E-state index in [1.165, 1.54) is 0 Å². The fourth-order valence-electron chi connectivity index (χ4n) is 1.97. The second-order valence-electron chi connectivity index (χ2n) is 5.50. The topological polar surface area (TPSA) is 78.0 Å². The van der Waals surface area contributed by atoms with Gasteiger partial charge >= 0.3 is 0 Å². The Hall–Kier alpha value is -1.82. The van der Waals surface area contributed by atoms with Crippen LogP contribution < -0.4 is 10.6 Å². The van der Waals surface area contributed by atoms with Gasteiger partial charge in [0.25, 0.3) is 0 Å². The van der Waals surface area contributed by atoms with Crippen LogP contribution in [0.4, 0.5) is 5.69 Å². The summed E-state index contributed by atoms with van der Waals surface area (Å²) in [6.45, 7) is 7.02. The Kier molecular flexibility index (Phi) is 6.24. The van der Waals surface area contributed by atoms with Crippen molar-refractivity contribution < 1.29 is 5.21 Å². The van der Waals surface area contributed by atoms with Crippen LogP contribution in [0, 0.1) is 5.92 Å². The summed E-state index contributed by atoms with van der Waals surface area (Å²) in [5.74, 6) is 0.553. The maximum Gasteiger partial charge on any atom is 0.190 e. The summed E-state index contributed by atoms with van der Waals surface area (Å²) >= 11 is 0. The molecule has 1 rings (SSSR count). The molecular formula is C14H25N5O. The minimum atomic E-state index is 0.0409. The summed E-state index contributed by atoms with van der Waals surface area (Å²) in [5, 5.41) is 12.0. The second-order valence-corrected chi connectivity index (χ2v) is 5.50. The number of pyridine rings is 1. The molecule has 0 bridgehead atoms. The normalized spacial score (nSPS) is 12.2. The van der Waals surface area contributed by atoms with E-state index in [2.05, 4.69) is 33.8 Å². The number of nitrogens with two attached hydrogens (primary N) is 1. The van der Waals surface area contributed by atoms with Gasteiger partial charge in [0.1, 0.15) is 5.69 Å².